The van der Waals surface area contributed by atoms with Gasteiger partial charge in [0.1, 0.15) is 5.69 Å². The largest absolute Gasteiger partial charge is 0.462 e. The van der Waals surface area contributed by atoms with Crippen molar-refractivity contribution in [1.29, 1.82) is 0 Å². The number of esters is 2. The fraction of sp³-hybridized carbons (Fsp3) is 0.353. The first-order valence-electron chi connectivity index (χ1n) is 7.48. The molecule has 6 nitrogen and oxygen atoms in total. The van der Waals surface area contributed by atoms with Crippen molar-refractivity contribution in [2.24, 2.45) is 0 Å². The molecule has 2 rings (SSSR count). The van der Waals surface area contributed by atoms with Crippen LogP contribution in [-0.4, -0.2) is 35.9 Å². The summed E-state index contributed by atoms with van der Waals surface area (Å²) in [7, 11) is 0. The maximum Gasteiger partial charge on any atom is 0.355 e. The average molecular weight is 349 g/mol. The summed E-state index contributed by atoms with van der Waals surface area (Å²) >= 11 is 1.35. The molecule has 7 heteroatoms. The molecule has 0 spiro atoms. The van der Waals surface area contributed by atoms with E-state index in [1.165, 1.54) is 11.3 Å². The van der Waals surface area contributed by atoms with E-state index < -0.39 is 11.9 Å². The van der Waals surface area contributed by atoms with Crippen LogP contribution in [0.5, 0.6) is 0 Å². The summed E-state index contributed by atoms with van der Waals surface area (Å²) in [6.07, 6.45) is 0. The molecular formula is C17H19NO5S. The Morgan fingerprint density at radius 1 is 1.08 bits per heavy atom. The third-order valence-corrected chi connectivity index (χ3v) is 4.51. The van der Waals surface area contributed by atoms with Crippen molar-refractivity contribution in [1.82, 2.24) is 4.98 Å². The molecule has 0 atom stereocenters. The SMILES string of the molecule is CCOC(=O)c1c(C)[nH]c(C(=O)OCC(=O)c2ccc(C)s2)c1C. The number of ether oxygens (including phenoxy) is 2. The molecule has 0 saturated heterocycles. The molecule has 0 radical (unpaired) electrons. The molecule has 2 aromatic rings. The summed E-state index contributed by atoms with van der Waals surface area (Å²) in [6, 6.07) is 3.54. The molecule has 0 amide bonds. The van der Waals surface area contributed by atoms with Gasteiger partial charge in [-0.05, 0) is 45.4 Å². The minimum atomic E-state index is -0.673. The van der Waals surface area contributed by atoms with E-state index in [0.29, 0.717) is 21.7 Å². The van der Waals surface area contributed by atoms with Crippen LogP contribution in [0, 0.1) is 20.8 Å². The molecule has 0 aliphatic carbocycles. The first kappa shape index (κ1) is 17.9. The summed E-state index contributed by atoms with van der Waals surface area (Å²) in [5.41, 5.74) is 1.46. The highest BCUT2D eigenvalue weighted by atomic mass is 32.1. The molecule has 0 aliphatic heterocycles. The van der Waals surface area contributed by atoms with Crippen molar-refractivity contribution in [3.8, 4) is 0 Å². The van der Waals surface area contributed by atoms with Crippen LogP contribution in [0.4, 0.5) is 0 Å². The van der Waals surface area contributed by atoms with Gasteiger partial charge in [0, 0.05) is 10.6 Å². The topological polar surface area (TPSA) is 85.5 Å². The second-order valence-corrected chi connectivity index (χ2v) is 6.54. The second kappa shape index (κ2) is 7.44. The standard InChI is InChI=1S/C17H19NO5S/c1-5-22-16(20)14-10(3)15(18-11(14)4)17(21)23-8-12(19)13-7-6-9(2)24-13/h6-7,18H,5,8H2,1-4H3. The van der Waals surface area contributed by atoms with E-state index in [1.807, 2.05) is 13.0 Å². The smallest absolute Gasteiger partial charge is 0.355 e. The second-order valence-electron chi connectivity index (χ2n) is 5.26. The third-order valence-electron chi connectivity index (χ3n) is 3.47. The van der Waals surface area contributed by atoms with Gasteiger partial charge in [0.15, 0.2) is 6.61 Å². The van der Waals surface area contributed by atoms with E-state index in [0.717, 1.165) is 4.88 Å². The molecule has 0 aromatic carbocycles. The molecule has 0 bridgehead atoms. The van der Waals surface area contributed by atoms with Gasteiger partial charge in [-0.3, -0.25) is 4.79 Å². The molecule has 0 fully saturated rings. The van der Waals surface area contributed by atoms with Gasteiger partial charge >= 0.3 is 11.9 Å². The number of H-pyrrole nitrogens is 1. The average Bonchev–Trinajstić information content (AvgIpc) is 3.08. The Hall–Kier alpha value is -2.41. The quantitative estimate of drug-likeness (QED) is 0.639. The summed E-state index contributed by atoms with van der Waals surface area (Å²) in [5.74, 6) is -1.42. The van der Waals surface area contributed by atoms with E-state index in [-0.39, 0.29) is 24.7 Å². The zero-order chi connectivity index (χ0) is 17.9. The first-order valence-corrected chi connectivity index (χ1v) is 8.29. The van der Waals surface area contributed by atoms with Crippen LogP contribution >= 0.6 is 11.3 Å². The van der Waals surface area contributed by atoms with Crippen LogP contribution in [0.3, 0.4) is 0 Å². The fourth-order valence-corrected chi connectivity index (χ4v) is 3.11. The molecule has 2 heterocycles. The Labute approximate surface area is 143 Å². The third kappa shape index (κ3) is 3.73. The van der Waals surface area contributed by atoms with E-state index >= 15 is 0 Å². The minimum absolute atomic E-state index is 0.158. The van der Waals surface area contributed by atoms with Crippen molar-refractivity contribution < 1.29 is 23.9 Å². The monoisotopic (exact) mass is 349 g/mol. The number of carbonyl (C=O) groups excluding carboxylic acids is 3. The normalized spacial score (nSPS) is 10.5. The predicted molar refractivity (Wildman–Crippen MR) is 89.9 cm³/mol. The Morgan fingerprint density at radius 2 is 1.79 bits per heavy atom. The number of nitrogens with one attached hydrogen (secondary N) is 1. The maximum atomic E-state index is 12.2. The van der Waals surface area contributed by atoms with Crippen LogP contribution in [0.1, 0.15) is 53.6 Å². The molecule has 24 heavy (non-hydrogen) atoms. The lowest BCUT2D eigenvalue weighted by Gasteiger charge is -2.04. The zero-order valence-corrected chi connectivity index (χ0v) is 14.8. The van der Waals surface area contributed by atoms with Crippen LogP contribution in [0.25, 0.3) is 0 Å². The molecule has 0 aliphatic rings. The molecule has 2 aromatic heterocycles. The van der Waals surface area contributed by atoms with Gasteiger partial charge < -0.3 is 14.5 Å². The molecular weight excluding hydrogens is 330 g/mol. The fourth-order valence-electron chi connectivity index (χ4n) is 2.32. The van der Waals surface area contributed by atoms with Crippen molar-refractivity contribution in [2.45, 2.75) is 27.7 Å². The first-order chi connectivity index (χ1) is 11.3. The van der Waals surface area contributed by atoms with Gasteiger partial charge in [0.05, 0.1) is 17.0 Å². The molecule has 0 unspecified atom stereocenters. The van der Waals surface area contributed by atoms with Crippen molar-refractivity contribution in [3.05, 3.63) is 44.4 Å². The number of aromatic nitrogens is 1. The van der Waals surface area contributed by atoms with Gasteiger partial charge in [0.25, 0.3) is 0 Å². The Bertz CT molecular complexity index is 787. The number of rotatable bonds is 6. The predicted octanol–water partition coefficient (Wildman–Crippen LogP) is 3.22. The molecule has 0 saturated carbocycles. The Kier molecular flexibility index (Phi) is 5.56. The number of aromatic amines is 1. The lowest BCUT2D eigenvalue weighted by molar-refractivity contribution is 0.0469. The van der Waals surface area contributed by atoms with E-state index in [1.54, 1.807) is 26.8 Å². The number of ketones is 1. The highest BCUT2D eigenvalue weighted by Gasteiger charge is 2.24. The number of aryl methyl sites for hydroxylation is 2. The van der Waals surface area contributed by atoms with Crippen LogP contribution in [-0.2, 0) is 9.47 Å². The lowest BCUT2D eigenvalue weighted by atomic mass is 10.1. The summed E-state index contributed by atoms with van der Waals surface area (Å²) in [5, 5.41) is 0. The van der Waals surface area contributed by atoms with E-state index in [2.05, 4.69) is 4.98 Å². The van der Waals surface area contributed by atoms with Gasteiger partial charge in [0.2, 0.25) is 5.78 Å². The van der Waals surface area contributed by atoms with Gasteiger partial charge in [-0.15, -0.1) is 11.3 Å². The van der Waals surface area contributed by atoms with Crippen LogP contribution in [0.15, 0.2) is 12.1 Å². The maximum absolute atomic E-state index is 12.2. The van der Waals surface area contributed by atoms with Gasteiger partial charge in [-0.25, -0.2) is 9.59 Å². The lowest BCUT2D eigenvalue weighted by Crippen LogP contribution is -2.14. The summed E-state index contributed by atoms with van der Waals surface area (Å²) in [4.78, 5) is 40.5. The summed E-state index contributed by atoms with van der Waals surface area (Å²) < 4.78 is 10.1. The summed E-state index contributed by atoms with van der Waals surface area (Å²) in [6.45, 7) is 6.83. The Morgan fingerprint density at radius 3 is 2.38 bits per heavy atom. The highest BCUT2D eigenvalue weighted by molar-refractivity contribution is 7.14. The minimum Gasteiger partial charge on any atom is -0.462 e. The number of carbonyl (C=O) groups is 3. The molecule has 128 valence electrons. The van der Waals surface area contributed by atoms with Crippen molar-refractivity contribution >= 4 is 29.1 Å². The van der Waals surface area contributed by atoms with Crippen LogP contribution < -0.4 is 0 Å². The number of hydrogen-bond acceptors (Lipinski definition) is 6. The van der Waals surface area contributed by atoms with Crippen molar-refractivity contribution in [3.63, 3.8) is 0 Å². The van der Waals surface area contributed by atoms with Gasteiger partial charge in [-0.2, -0.15) is 0 Å². The van der Waals surface area contributed by atoms with Crippen molar-refractivity contribution in [2.75, 3.05) is 13.2 Å². The van der Waals surface area contributed by atoms with Gasteiger partial charge in [-0.1, -0.05) is 0 Å². The molecule has 1 N–H and O–H groups in total. The van der Waals surface area contributed by atoms with E-state index in [4.69, 9.17) is 9.47 Å². The Balaban J connectivity index is 2.09. The van der Waals surface area contributed by atoms with Crippen LogP contribution in [0.2, 0.25) is 0 Å². The number of thiophene rings is 1. The zero-order valence-electron chi connectivity index (χ0n) is 14.0. The highest BCUT2D eigenvalue weighted by Crippen LogP contribution is 2.20. The van der Waals surface area contributed by atoms with E-state index in [9.17, 15) is 14.4 Å². The number of Topliss-reactive ketones (excluding diaryl/α,β-unsaturated/α-hetero) is 1. The number of hydrogen-bond donors (Lipinski definition) is 1.